The summed E-state index contributed by atoms with van der Waals surface area (Å²) in [6.45, 7) is 1.41. The fourth-order valence-electron chi connectivity index (χ4n) is 2.48. The molecular weight excluding hydrogens is 369 g/mol. The quantitative estimate of drug-likeness (QED) is 0.640. The van der Waals surface area contributed by atoms with Gasteiger partial charge in [0, 0.05) is 11.6 Å². The molecule has 3 aromatic rings. The van der Waals surface area contributed by atoms with Crippen LogP contribution in [0.25, 0.3) is 22.7 Å². The number of nitrogens with one attached hydrogen (secondary N) is 1. The third kappa shape index (κ3) is 3.33. The number of nitrogens with zero attached hydrogens (tertiary/aromatic N) is 1. The van der Waals surface area contributed by atoms with Crippen LogP contribution in [0.3, 0.4) is 0 Å². The normalized spacial score (nSPS) is 11.6. The molecule has 0 fully saturated rings. The molecule has 3 N–H and O–H groups in total. The average Bonchev–Trinajstić information content (AvgIpc) is 3.04. The number of aryl methyl sites for hydroxylation is 1. The number of aromatic hydroxyl groups is 2. The van der Waals surface area contributed by atoms with E-state index in [0.717, 1.165) is 6.07 Å². The van der Waals surface area contributed by atoms with Crippen molar-refractivity contribution in [1.29, 1.82) is 0 Å². The number of alkyl halides is 3. The van der Waals surface area contributed by atoms with Crippen LogP contribution >= 0.6 is 0 Å². The summed E-state index contributed by atoms with van der Waals surface area (Å²) in [5.74, 6) is -2.81. The lowest BCUT2D eigenvalue weighted by molar-refractivity contribution is -0.144. The van der Waals surface area contributed by atoms with Gasteiger partial charge in [0.25, 0.3) is 0 Å². The molecule has 0 aliphatic heterocycles. The Morgan fingerprint density at radius 1 is 1.22 bits per heavy atom. The lowest BCUT2D eigenvalue weighted by atomic mass is 10.1. The van der Waals surface area contributed by atoms with Crippen LogP contribution in [0.4, 0.5) is 13.2 Å². The van der Waals surface area contributed by atoms with E-state index in [1.54, 1.807) is 0 Å². The zero-order valence-corrected chi connectivity index (χ0v) is 14.0. The number of H-pyrrole nitrogens is 1. The maximum Gasteiger partial charge on any atom is 0.449 e. The second-order valence-electron chi connectivity index (χ2n) is 5.59. The Kier molecular flexibility index (Phi) is 4.34. The van der Waals surface area contributed by atoms with Crippen molar-refractivity contribution in [3.8, 4) is 40.0 Å². The summed E-state index contributed by atoms with van der Waals surface area (Å²) in [6.07, 6.45) is -4.81. The van der Waals surface area contributed by atoms with E-state index in [4.69, 9.17) is 9.15 Å². The number of hydrogen-bond acceptors (Lipinski definition) is 6. The van der Waals surface area contributed by atoms with Crippen molar-refractivity contribution < 1.29 is 32.5 Å². The molecule has 1 aromatic carbocycles. The maximum atomic E-state index is 13.2. The van der Waals surface area contributed by atoms with E-state index >= 15 is 0 Å². The Bertz CT molecular complexity index is 1070. The molecular formula is C17H13F3N2O5. The van der Waals surface area contributed by atoms with Gasteiger partial charge >= 0.3 is 6.18 Å². The molecule has 0 spiro atoms. The number of imidazole rings is 1. The second-order valence-corrected chi connectivity index (χ2v) is 5.59. The second kappa shape index (κ2) is 6.38. The minimum Gasteiger partial charge on any atom is -0.504 e. The van der Waals surface area contributed by atoms with Crippen LogP contribution in [0, 0.1) is 6.92 Å². The number of aromatic amines is 1. The molecule has 27 heavy (non-hydrogen) atoms. The van der Waals surface area contributed by atoms with Gasteiger partial charge in [0.1, 0.15) is 17.1 Å². The van der Waals surface area contributed by atoms with E-state index < -0.39 is 28.9 Å². The molecule has 7 nitrogen and oxygen atoms in total. The van der Waals surface area contributed by atoms with Gasteiger partial charge in [0.15, 0.2) is 17.3 Å². The van der Waals surface area contributed by atoms with Gasteiger partial charge in [0.2, 0.25) is 17.0 Å². The summed E-state index contributed by atoms with van der Waals surface area (Å²) >= 11 is 0. The monoisotopic (exact) mass is 382 g/mol. The Morgan fingerprint density at radius 3 is 2.56 bits per heavy atom. The Labute approximate surface area is 149 Å². The number of rotatable bonds is 3. The zero-order valence-electron chi connectivity index (χ0n) is 14.0. The van der Waals surface area contributed by atoms with E-state index in [9.17, 15) is 28.2 Å². The first-order chi connectivity index (χ1) is 12.6. The van der Waals surface area contributed by atoms with E-state index in [1.807, 2.05) is 0 Å². The number of phenols is 1. The molecule has 0 saturated heterocycles. The lowest BCUT2D eigenvalue weighted by Gasteiger charge is -2.08. The van der Waals surface area contributed by atoms with Gasteiger partial charge in [-0.15, -0.1) is 0 Å². The van der Waals surface area contributed by atoms with E-state index in [0.29, 0.717) is 0 Å². The Morgan fingerprint density at radius 2 is 1.93 bits per heavy atom. The van der Waals surface area contributed by atoms with E-state index in [1.165, 1.54) is 32.2 Å². The fraction of sp³-hybridized carbons (Fsp3) is 0.176. The molecule has 2 aromatic heterocycles. The van der Waals surface area contributed by atoms with Crippen LogP contribution in [0.1, 0.15) is 11.6 Å². The Hall–Kier alpha value is -3.43. The molecule has 10 heteroatoms. The largest absolute Gasteiger partial charge is 0.504 e. The summed E-state index contributed by atoms with van der Waals surface area (Å²) in [6, 6.07) is 4.79. The molecule has 2 heterocycles. The molecule has 0 amide bonds. The average molecular weight is 382 g/mol. The molecule has 3 rings (SSSR count). The van der Waals surface area contributed by atoms with Crippen LogP contribution in [0.2, 0.25) is 0 Å². The SMILES string of the molecule is COc1cc(-c2nc(C(F)(F)F)[nH]c2-c2oc(C)cc(=O)c2O)ccc1O. The number of phenolic OH excluding ortho intramolecular Hbond substituents is 1. The molecule has 0 aliphatic rings. The van der Waals surface area contributed by atoms with Crippen LogP contribution in [-0.4, -0.2) is 27.3 Å². The van der Waals surface area contributed by atoms with Crippen LogP contribution in [0.5, 0.6) is 17.2 Å². The third-order valence-electron chi connectivity index (χ3n) is 3.70. The summed E-state index contributed by atoms with van der Waals surface area (Å²) in [5.41, 5.74) is -1.26. The fourth-order valence-corrected chi connectivity index (χ4v) is 2.48. The van der Waals surface area contributed by atoms with Gasteiger partial charge in [-0.3, -0.25) is 4.79 Å². The molecule has 0 saturated carbocycles. The molecule has 0 unspecified atom stereocenters. The molecule has 0 bridgehead atoms. The van der Waals surface area contributed by atoms with Gasteiger partial charge < -0.3 is 24.4 Å². The minimum atomic E-state index is -4.81. The molecule has 0 radical (unpaired) electrons. The highest BCUT2D eigenvalue weighted by Crippen LogP contribution is 2.40. The lowest BCUT2D eigenvalue weighted by Crippen LogP contribution is -2.07. The standard InChI is InChI=1S/C17H13F3N2O5/c1-7-5-10(24)14(25)15(27-7)13-12(21-16(22-13)17(18,19)20)8-3-4-9(23)11(6-8)26-2/h3-6,23,25H,1-2H3,(H,21,22). The maximum absolute atomic E-state index is 13.2. The molecule has 142 valence electrons. The van der Waals surface area contributed by atoms with Crippen molar-refractivity contribution in [2.24, 2.45) is 0 Å². The van der Waals surface area contributed by atoms with E-state index in [2.05, 4.69) is 9.97 Å². The minimum absolute atomic E-state index is 0.00456. The predicted octanol–water partition coefficient (Wildman–Crippen LogP) is 3.44. The first-order valence-corrected chi connectivity index (χ1v) is 7.50. The van der Waals surface area contributed by atoms with Crippen LogP contribution in [-0.2, 0) is 6.18 Å². The van der Waals surface area contributed by atoms with Gasteiger partial charge in [0.05, 0.1) is 7.11 Å². The van der Waals surface area contributed by atoms with Gasteiger partial charge in [-0.2, -0.15) is 13.2 Å². The summed E-state index contributed by atoms with van der Waals surface area (Å²) in [7, 11) is 1.27. The zero-order chi connectivity index (χ0) is 19.9. The first kappa shape index (κ1) is 18.4. The number of benzene rings is 1. The third-order valence-corrected chi connectivity index (χ3v) is 3.70. The topological polar surface area (TPSA) is 109 Å². The Balaban J connectivity index is 2.32. The smallest absolute Gasteiger partial charge is 0.449 e. The summed E-state index contributed by atoms with van der Waals surface area (Å²) in [5, 5.41) is 19.7. The number of hydrogen-bond donors (Lipinski definition) is 3. The van der Waals surface area contributed by atoms with Crippen molar-refractivity contribution in [3.05, 3.63) is 46.1 Å². The van der Waals surface area contributed by atoms with E-state index in [-0.39, 0.29) is 34.2 Å². The van der Waals surface area contributed by atoms with Crippen molar-refractivity contribution in [2.75, 3.05) is 7.11 Å². The number of methoxy groups -OCH3 is 1. The summed E-state index contributed by atoms with van der Waals surface area (Å²) in [4.78, 5) is 17.4. The van der Waals surface area contributed by atoms with Gasteiger partial charge in [-0.05, 0) is 25.1 Å². The summed E-state index contributed by atoms with van der Waals surface area (Å²) < 4.78 is 49.7. The molecule has 0 atom stereocenters. The highest BCUT2D eigenvalue weighted by atomic mass is 19.4. The predicted molar refractivity (Wildman–Crippen MR) is 87.6 cm³/mol. The highest BCUT2D eigenvalue weighted by molar-refractivity contribution is 5.79. The van der Waals surface area contributed by atoms with Crippen molar-refractivity contribution in [2.45, 2.75) is 13.1 Å². The van der Waals surface area contributed by atoms with Crippen molar-refractivity contribution in [3.63, 3.8) is 0 Å². The molecule has 0 aliphatic carbocycles. The van der Waals surface area contributed by atoms with Gasteiger partial charge in [-0.25, -0.2) is 4.98 Å². The first-order valence-electron chi connectivity index (χ1n) is 7.50. The van der Waals surface area contributed by atoms with Gasteiger partial charge in [-0.1, -0.05) is 0 Å². The van der Waals surface area contributed by atoms with Crippen molar-refractivity contribution >= 4 is 0 Å². The number of ether oxygens (including phenoxy) is 1. The number of aromatic nitrogens is 2. The number of halogens is 3. The van der Waals surface area contributed by atoms with Crippen molar-refractivity contribution in [1.82, 2.24) is 9.97 Å². The highest BCUT2D eigenvalue weighted by Gasteiger charge is 2.37. The van der Waals surface area contributed by atoms with Crippen LogP contribution in [0.15, 0.2) is 33.5 Å². The van der Waals surface area contributed by atoms with Crippen LogP contribution < -0.4 is 10.2 Å².